The summed E-state index contributed by atoms with van der Waals surface area (Å²) in [6.07, 6.45) is 9.46. The first kappa shape index (κ1) is 37.5. The zero-order valence-corrected chi connectivity index (χ0v) is 31.8. The van der Waals surface area contributed by atoms with Crippen molar-refractivity contribution in [3.8, 4) is 22.4 Å². The van der Waals surface area contributed by atoms with Crippen LogP contribution in [0.25, 0.3) is 28.0 Å². The maximum Gasteiger partial charge on any atom is 0.407 e. The minimum atomic E-state index is -0.672. The van der Waals surface area contributed by atoms with Crippen LogP contribution in [0, 0.1) is 5.92 Å². The Morgan fingerprint density at radius 3 is 2.09 bits per heavy atom. The third kappa shape index (κ3) is 8.14. The maximum atomic E-state index is 13.5. The molecule has 0 radical (unpaired) electrons. The molecular formula is C42H53N7O5. The summed E-state index contributed by atoms with van der Waals surface area (Å²) < 4.78 is 10.2. The number of nitrogens with zero attached hydrogens (tertiary/aromatic N) is 4. The smallest absolute Gasteiger partial charge is 0.407 e. The molecule has 0 aliphatic carbocycles. The predicted molar refractivity (Wildman–Crippen MR) is 209 cm³/mol. The van der Waals surface area contributed by atoms with E-state index in [9.17, 15) is 14.4 Å². The van der Waals surface area contributed by atoms with E-state index in [0.717, 1.165) is 104 Å². The summed E-state index contributed by atoms with van der Waals surface area (Å²) in [6, 6.07) is 16.3. The Balaban J connectivity index is 0.949. The highest BCUT2D eigenvalue weighted by atomic mass is 16.5. The number of aromatic nitrogens is 2. The summed E-state index contributed by atoms with van der Waals surface area (Å²) >= 11 is 0. The summed E-state index contributed by atoms with van der Waals surface area (Å²) in [4.78, 5) is 55.8. The average molecular weight is 736 g/mol. The number of aromatic amines is 1. The third-order valence-corrected chi connectivity index (χ3v) is 11.4. The third-order valence-electron chi connectivity index (χ3n) is 11.4. The van der Waals surface area contributed by atoms with Gasteiger partial charge < -0.3 is 34.9 Å². The van der Waals surface area contributed by atoms with Crippen LogP contribution in [-0.2, 0) is 19.1 Å². The van der Waals surface area contributed by atoms with Crippen molar-refractivity contribution in [2.75, 3.05) is 33.4 Å². The fourth-order valence-corrected chi connectivity index (χ4v) is 8.31. The minimum Gasteiger partial charge on any atom is -0.453 e. The minimum absolute atomic E-state index is 0.0566. The fourth-order valence-electron chi connectivity index (χ4n) is 8.31. The Morgan fingerprint density at radius 1 is 0.833 bits per heavy atom. The van der Waals surface area contributed by atoms with Gasteiger partial charge in [-0.25, -0.2) is 9.78 Å². The first-order valence-electron chi connectivity index (χ1n) is 19.5. The Labute approximate surface area is 317 Å². The molecule has 1 aromatic heterocycles. The number of carbonyl (C=O) groups excluding carboxylic acids is 3. The first-order valence-corrected chi connectivity index (χ1v) is 19.5. The van der Waals surface area contributed by atoms with E-state index in [0.29, 0.717) is 12.6 Å². The van der Waals surface area contributed by atoms with Crippen LogP contribution in [0.2, 0.25) is 0 Å². The number of methoxy groups -OCH3 is 1. The van der Waals surface area contributed by atoms with Crippen molar-refractivity contribution in [3.63, 3.8) is 0 Å². The van der Waals surface area contributed by atoms with Gasteiger partial charge in [0.15, 0.2) is 0 Å². The lowest BCUT2D eigenvalue weighted by Gasteiger charge is -2.31. The highest BCUT2D eigenvalue weighted by molar-refractivity contribution is 6.03. The Bertz CT molecular complexity index is 1860. The van der Waals surface area contributed by atoms with E-state index in [1.807, 2.05) is 43.0 Å². The van der Waals surface area contributed by atoms with Crippen molar-refractivity contribution >= 4 is 29.2 Å². The number of benzene rings is 2. The number of H-pyrrole nitrogens is 1. The average Bonchev–Trinajstić information content (AvgIpc) is 4.03. The number of carbonyl (C=O) groups is 3. The molecule has 12 heteroatoms. The second-order valence-corrected chi connectivity index (χ2v) is 15.3. The molecule has 3 N–H and O–H groups in total. The fraction of sp³-hybridized carbons (Fsp3) is 0.500. The van der Waals surface area contributed by atoms with Crippen LogP contribution < -0.4 is 10.6 Å². The van der Waals surface area contributed by atoms with Gasteiger partial charge in [0.05, 0.1) is 37.1 Å². The van der Waals surface area contributed by atoms with Crippen molar-refractivity contribution in [1.82, 2.24) is 30.4 Å². The number of imidazole rings is 1. The highest BCUT2D eigenvalue weighted by Gasteiger charge is 2.38. The molecule has 2 aromatic carbocycles. The Hall–Kier alpha value is -4.81. The van der Waals surface area contributed by atoms with Crippen molar-refractivity contribution in [2.45, 2.75) is 95.9 Å². The molecule has 54 heavy (non-hydrogen) atoms. The van der Waals surface area contributed by atoms with Gasteiger partial charge in [-0.05, 0) is 79.2 Å². The Morgan fingerprint density at radius 2 is 1.44 bits per heavy atom. The van der Waals surface area contributed by atoms with Crippen molar-refractivity contribution in [2.24, 2.45) is 10.9 Å². The van der Waals surface area contributed by atoms with Crippen LogP contribution >= 0.6 is 0 Å². The van der Waals surface area contributed by atoms with E-state index < -0.39 is 12.1 Å². The normalized spacial score (nSPS) is 21.6. The van der Waals surface area contributed by atoms with Gasteiger partial charge in [-0.2, -0.15) is 0 Å². The molecule has 5 heterocycles. The second kappa shape index (κ2) is 16.7. The predicted octanol–water partition coefficient (Wildman–Crippen LogP) is 6.12. The topological polar surface area (TPSA) is 141 Å². The maximum absolute atomic E-state index is 13.5. The number of aliphatic imine (C=N–C) groups is 1. The van der Waals surface area contributed by atoms with Crippen molar-refractivity contribution in [3.05, 3.63) is 72.3 Å². The summed E-state index contributed by atoms with van der Waals surface area (Å²) in [5, 5.41) is 6.25. The number of nitrogens with one attached hydrogen (secondary N) is 3. The van der Waals surface area contributed by atoms with Crippen molar-refractivity contribution < 1.29 is 23.9 Å². The van der Waals surface area contributed by atoms with E-state index in [4.69, 9.17) is 14.5 Å². The molecule has 7 rings (SSSR count). The molecular weight excluding hydrogens is 683 g/mol. The molecule has 4 aliphatic heterocycles. The van der Waals surface area contributed by atoms with Gasteiger partial charge in [0, 0.05) is 50.7 Å². The van der Waals surface area contributed by atoms with Crippen LogP contribution in [-0.4, -0.2) is 101 Å². The van der Waals surface area contributed by atoms with Gasteiger partial charge in [0.25, 0.3) is 0 Å². The summed E-state index contributed by atoms with van der Waals surface area (Å²) in [5.74, 6) is 0.697. The molecule has 4 atom stereocenters. The van der Waals surface area contributed by atoms with Gasteiger partial charge in [0.1, 0.15) is 11.9 Å². The number of amides is 3. The molecule has 3 saturated heterocycles. The van der Waals surface area contributed by atoms with Crippen LogP contribution in [0.5, 0.6) is 0 Å². The van der Waals surface area contributed by atoms with E-state index >= 15 is 0 Å². The molecule has 0 saturated carbocycles. The van der Waals surface area contributed by atoms with Crippen LogP contribution in [0.15, 0.2) is 65.9 Å². The number of hydrogen-bond donors (Lipinski definition) is 3. The van der Waals surface area contributed by atoms with Crippen LogP contribution in [0.4, 0.5) is 4.79 Å². The lowest BCUT2D eigenvalue weighted by Crippen LogP contribution is -2.52. The largest absolute Gasteiger partial charge is 0.453 e. The van der Waals surface area contributed by atoms with Crippen LogP contribution in [0.3, 0.4) is 0 Å². The summed E-state index contributed by atoms with van der Waals surface area (Å²) in [6.45, 7) is 8.71. The van der Waals surface area contributed by atoms with Crippen LogP contribution in [0.1, 0.15) is 83.1 Å². The highest BCUT2D eigenvalue weighted by Crippen LogP contribution is 2.34. The van der Waals surface area contributed by atoms with E-state index in [1.165, 1.54) is 12.7 Å². The van der Waals surface area contributed by atoms with Crippen molar-refractivity contribution in [1.29, 1.82) is 0 Å². The quantitative estimate of drug-likeness (QED) is 0.216. The molecule has 3 aromatic rings. The SMILES string of the molecule is COC(=O)N[C@H](C(=O)N1CCCC1c1ncc(-c2ccc(-c3ccc(C4=CN=C([C@@H]5CCCN5C(=O)[C@@H](C)NC5CCOCC5)C4)cc3)cc2)[nH]1)C(C)C. The second-order valence-electron chi connectivity index (χ2n) is 15.3. The number of likely N-dealkylation sites (tertiary alicyclic amines) is 2. The molecule has 4 aliphatic rings. The van der Waals surface area contributed by atoms with Gasteiger partial charge >= 0.3 is 6.09 Å². The van der Waals surface area contributed by atoms with E-state index in [1.54, 1.807) is 0 Å². The van der Waals surface area contributed by atoms with E-state index in [2.05, 4.69) is 69.1 Å². The number of ether oxygens (including phenoxy) is 2. The Kier molecular flexibility index (Phi) is 11.6. The molecule has 286 valence electrons. The zero-order chi connectivity index (χ0) is 37.8. The molecule has 0 bridgehead atoms. The van der Waals surface area contributed by atoms with Gasteiger partial charge in [0.2, 0.25) is 11.8 Å². The molecule has 12 nitrogen and oxygen atoms in total. The summed E-state index contributed by atoms with van der Waals surface area (Å²) in [7, 11) is 1.30. The lowest BCUT2D eigenvalue weighted by molar-refractivity contribution is -0.135. The first-order chi connectivity index (χ1) is 26.2. The van der Waals surface area contributed by atoms with E-state index in [-0.39, 0.29) is 35.9 Å². The zero-order valence-electron chi connectivity index (χ0n) is 31.8. The summed E-state index contributed by atoms with van der Waals surface area (Å²) in [5.41, 5.74) is 7.52. The number of alkyl carbamates (subject to hydrolysis) is 1. The standard InChI is InChI=1S/C42H53N7O5/c1-26(2)38(47-42(52)53-4)41(51)49-20-6-8-37(49)39-44-25-35(46-39)31-15-13-29(14-16-31)28-9-11-30(12-10-28)32-23-34(43-24-32)36-7-5-19-48(36)40(50)27(3)45-33-17-21-54-22-18-33/h9-16,24-27,33,36-38,45H,5-8,17-23H2,1-4H3,(H,44,46)(H,47,52)/t27-,36+,37?,38+/m1/s1. The van der Waals surface area contributed by atoms with Gasteiger partial charge in [-0.3, -0.25) is 14.6 Å². The molecule has 3 fully saturated rings. The number of rotatable bonds is 11. The van der Waals surface area contributed by atoms with Gasteiger partial charge in [-0.15, -0.1) is 0 Å². The number of allylic oxidation sites excluding steroid dienone is 1. The molecule has 1 unspecified atom stereocenters. The monoisotopic (exact) mass is 735 g/mol. The lowest BCUT2D eigenvalue weighted by atomic mass is 9.96. The number of hydrogen-bond acceptors (Lipinski definition) is 8. The molecule has 0 spiro atoms. The van der Waals surface area contributed by atoms with Gasteiger partial charge in [-0.1, -0.05) is 62.4 Å². The molecule has 3 amide bonds.